The second-order valence-electron chi connectivity index (χ2n) is 5.36. The van der Waals surface area contributed by atoms with Gasteiger partial charge in [0.2, 0.25) is 0 Å². The molecule has 0 radical (unpaired) electrons. The minimum Gasteiger partial charge on any atom is -0.389 e. The number of halogens is 1. The summed E-state index contributed by atoms with van der Waals surface area (Å²) >= 11 is 3.49. The second kappa shape index (κ2) is 5.26. The number of hydrogen-bond acceptors (Lipinski definition) is 3. The van der Waals surface area contributed by atoms with Crippen LogP contribution in [0.3, 0.4) is 0 Å². The van der Waals surface area contributed by atoms with Crippen molar-refractivity contribution in [3.05, 3.63) is 28.2 Å². The fraction of sp³-hybridized carbons (Fsp3) is 0.500. The van der Waals surface area contributed by atoms with E-state index >= 15 is 0 Å². The van der Waals surface area contributed by atoms with Crippen molar-refractivity contribution >= 4 is 27.6 Å². The third kappa shape index (κ3) is 2.38. The van der Waals surface area contributed by atoms with Crippen molar-refractivity contribution in [1.29, 1.82) is 0 Å². The molecule has 3 rings (SSSR count). The molecule has 108 valence electrons. The zero-order valence-electron chi connectivity index (χ0n) is 11.3. The number of piperazine rings is 1. The summed E-state index contributed by atoms with van der Waals surface area (Å²) in [5.41, 5.74) is 1.98. The number of urea groups is 1. The fourth-order valence-electron chi connectivity index (χ4n) is 2.97. The van der Waals surface area contributed by atoms with Crippen LogP contribution in [0.2, 0.25) is 0 Å². The summed E-state index contributed by atoms with van der Waals surface area (Å²) in [7, 11) is 0. The van der Waals surface area contributed by atoms with Crippen LogP contribution in [0.5, 0.6) is 0 Å². The van der Waals surface area contributed by atoms with E-state index in [0.29, 0.717) is 6.54 Å². The van der Waals surface area contributed by atoms with Gasteiger partial charge in [-0.05, 0) is 19.1 Å². The van der Waals surface area contributed by atoms with Gasteiger partial charge in [0.15, 0.2) is 0 Å². The Kier molecular flexibility index (Phi) is 3.60. The van der Waals surface area contributed by atoms with Crippen LogP contribution in [-0.4, -0.2) is 48.3 Å². The zero-order valence-corrected chi connectivity index (χ0v) is 12.9. The number of fused-ring (bicyclic) bond motifs is 1. The molecule has 2 atom stereocenters. The number of rotatable bonds is 2. The van der Waals surface area contributed by atoms with E-state index in [9.17, 15) is 9.90 Å². The number of amides is 2. The highest BCUT2D eigenvalue weighted by Crippen LogP contribution is 2.31. The SMILES string of the molecule is CC(O)c1ccc(Br)cc1N1CCN2C(=O)NCC2C1. The molecule has 6 heteroatoms. The molecule has 2 amide bonds. The van der Waals surface area contributed by atoms with E-state index in [1.54, 1.807) is 6.92 Å². The van der Waals surface area contributed by atoms with Crippen LogP contribution < -0.4 is 10.2 Å². The van der Waals surface area contributed by atoms with E-state index in [0.717, 1.165) is 35.4 Å². The molecule has 2 unspecified atom stereocenters. The molecule has 0 bridgehead atoms. The highest BCUT2D eigenvalue weighted by Gasteiger charge is 2.36. The molecule has 2 aliphatic rings. The third-order valence-electron chi connectivity index (χ3n) is 4.02. The van der Waals surface area contributed by atoms with Gasteiger partial charge in [0.05, 0.1) is 12.1 Å². The van der Waals surface area contributed by atoms with Crippen LogP contribution in [0.15, 0.2) is 22.7 Å². The second-order valence-corrected chi connectivity index (χ2v) is 6.27. The highest BCUT2D eigenvalue weighted by atomic mass is 79.9. The Morgan fingerprint density at radius 1 is 1.45 bits per heavy atom. The highest BCUT2D eigenvalue weighted by molar-refractivity contribution is 9.10. The summed E-state index contributed by atoms with van der Waals surface area (Å²) in [6.07, 6.45) is -0.500. The predicted octanol–water partition coefficient (Wildman–Crippen LogP) is 1.72. The van der Waals surface area contributed by atoms with Crippen molar-refractivity contribution in [1.82, 2.24) is 10.2 Å². The van der Waals surface area contributed by atoms with E-state index < -0.39 is 6.10 Å². The van der Waals surface area contributed by atoms with Gasteiger partial charge in [-0.25, -0.2) is 4.79 Å². The number of aliphatic hydroxyl groups is 1. The molecule has 5 nitrogen and oxygen atoms in total. The quantitative estimate of drug-likeness (QED) is 0.862. The summed E-state index contributed by atoms with van der Waals surface area (Å²) in [6.45, 7) is 4.80. The van der Waals surface area contributed by atoms with E-state index in [4.69, 9.17) is 0 Å². The molecule has 2 saturated heterocycles. The van der Waals surface area contributed by atoms with E-state index in [-0.39, 0.29) is 12.1 Å². The lowest BCUT2D eigenvalue weighted by molar-refractivity contribution is 0.193. The number of benzene rings is 1. The lowest BCUT2D eigenvalue weighted by Crippen LogP contribution is -2.52. The topological polar surface area (TPSA) is 55.8 Å². The van der Waals surface area contributed by atoms with Gasteiger partial charge < -0.3 is 20.2 Å². The Bertz CT molecular complexity index is 535. The average Bonchev–Trinajstić information content (AvgIpc) is 2.79. The first-order valence-electron chi connectivity index (χ1n) is 6.83. The Hall–Kier alpha value is -1.27. The lowest BCUT2D eigenvalue weighted by atomic mass is 10.1. The summed E-state index contributed by atoms with van der Waals surface area (Å²) in [5.74, 6) is 0. The number of aliphatic hydroxyl groups excluding tert-OH is 1. The molecule has 0 saturated carbocycles. The number of anilines is 1. The maximum absolute atomic E-state index is 11.6. The maximum atomic E-state index is 11.6. The first-order valence-corrected chi connectivity index (χ1v) is 7.62. The molecule has 20 heavy (non-hydrogen) atoms. The molecular weight excluding hydrogens is 322 g/mol. The normalized spacial score (nSPS) is 23.6. The first-order chi connectivity index (χ1) is 9.56. The number of hydrogen-bond donors (Lipinski definition) is 2. The van der Waals surface area contributed by atoms with Gasteiger partial charge in [-0.2, -0.15) is 0 Å². The molecule has 0 aliphatic carbocycles. The van der Waals surface area contributed by atoms with Crippen LogP contribution in [0.25, 0.3) is 0 Å². The van der Waals surface area contributed by atoms with Gasteiger partial charge in [0, 0.05) is 41.9 Å². The molecule has 2 fully saturated rings. The van der Waals surface area contributed by atoms with Gasteiger partial charge in [-0.1, -0.05) is 22.0 Å². The smallest absolute Gasteiger partial charge is 0.317 e. The van der Waals surface area contributed by atoms with Crippen LogP contribution in [0, 0.1) is 0 Å². The van der Waals surface area contributed by atoms with Crippen molar-refractivity contribution in [3.63, 3.8) is 0 Å². The van der Waals surface area contributed by atoms with Crippen LogP contribution in [-0.2, 0) is 0 Å². The number of carbonyl (C=O) groups is 1. The molecule has 0 spiro atoms. The summed E-state index contributed by atoms with van der Waals surface area (Å²) < 4.78 is 1.000. The Morgan fingerprint density at radius 3 is 3.00 bits per heavy atom. The Labute approximate surface area is 126 Å². The minimum atomic E-state index is -0.500. The number of nitrogens with zero attached hydrogens (tertiary/aromatic N) is 2. The molecule has 2 N–H and O–H groups in total. The van der Waals surface area contributed by atoms with Crippen molar-refractivity contribution in [3.8, 4) is 0 Å². The minimum absolute atomic E-state index is 0.0413. The van der Waals surface area contributed by atoms with Gasteiger partial charge in [0.25, 0.3) is 0 Å². The molecule has 0 aromatic heterocycles. The Morgan fingerprint density at radius 2 is 2.25 bits per heavy atom. The van der Waals surface area contributed by atoms with Crippen LogP contribution in [0.1, 0.15) is 18.6 Å². The first kappa shape index (κ1) is 13.7. The summed E-state index contributed by atoms with van der Waals surface area (Å²) in [5, 5.41) is 12.8. The number of nitrogens with one attached hydrogen (secondary N) is 1. The molecule has 2 heterocycles. The standard InChI is InChI=1S/C14H18BrN3O2/c1-9(19)12-3-2-10(15)6-13(12)17-4-5-18-11(8-17)7-16-14(18)20/h2-3,6,9,11,19H,4-5,7-8H2,1H3,(H,16,20). The molecule has 1 aromatic rings. The van der Waals surface area contributed by atoms with Crippen molar-refractivity contribution in [2.75, 3.05) is 31.1 Å². The van der Waals surface area contributed by atoms with E-state index in [2.05, 4.69) is 26.1 Å². The maximum Gasteiger partial charge on any atom is 0.317 e. The molecular formula is C14H18BrN3O2. The van der Waals surface area contributed by atoms with Gasteiger partial charge in [0.1, 0.15) is 0 Å². The Balaban J connectivity index is 1.87. The largest absolute Gasteiger partial charge is 0.389 e. The monoisotopic (exact) mass is 339 g/mol. The fourth-order valence-corrected chi connectivity index (χ4v) is 3.32. The molecule has 1 aromatic carbocycles. The zero-order chi connectivity index (χ0) is 14.3. The van der Waals surface area contributed by atoms with Crippen LogP contribution >= 0.6 is 15.9 Å². The van der Waals surface area contributed by atoms with Gasteiger partial charge in [-0.3, -0.25) is 0 Å². The average molecular weight is 340 g/mol. The van der Waals surface area contributed by atoms with Gasteiger partial charge >= 0.3 is 6.03 Å². The number of carbonyl (C=O) groups excluding carboxylic acids is 1. The van der Waals surface area contributed by atoms with E-state index in [1.807, 2.05) is 23.1 Å². The van der Waals surface area contributed by atoms with Crippen molar-refractivity contribution < 1.29 is 9.90 Å². The summed E-state index contributed by atoms with van der Waals surface area (Å²) in [4.78, 5) is 15.8. The van der Waals surface area contributed by atoms with Crippen LogP contribution in [0.4, 0.5) is 10.5 Å². The lowest BCUT2D eigenvalue weighted by Gasteiger charge is -2.39. The third-order valence-corrected chi connectivity index (χ3v) is 4.51. The van der Waals surface area contributed by atoms with Gasteiger partial charge in [-0.15, -0.1) is 0 Å². The molecule has 2 aliphatic heterocycles. The van der Waals surface area contributed by atoms with Crippen molar-refractivity contribution in [2.45, 2.75) is 19.1 Å². The van der Waals surface area contributed by atoms with Crippen molar-refractivity contribution in [2.24, 2.45) is 0 Å². The summed E-state index contributed by atoms with van der Waals surface area (Å²) in [6, 6.07) is 6.20. The van der Waals surface area contributed by atoms with E-state index in [1.165, 1.54) is 0 Å². The predicted molar refractivity (Wildman–Crippen MR) is 80.9 cm³/mol.